The third-order valence-electron chi connectivity index (χ3n) is 3.67. The van der Waals surface area contributed by atoms with Crippen LogP contribution in [0.1, 0.15) is 28.8 Å². The first-order valence-corrected chi connectivity index (χ1v) is 6.75. The van der Waals surface area contributed by atoms with E-state index in [0.29, 0.717) is 6.42 Å². The highest BCUT2D eigenvalue weighted by atomic mass is 16.1. The van der Waals surface area contributed by atoms with E-state index >= 15 is 0 Å². The number of rotatable bonds is 3. The van der Waals surface area contributed by atoms with Crippen molar-refractivity contribution in [2.75, 3.05) is 5.32 Å². The molecular formula is C17H17NO. The first-order valence-electron chi connectivity index (χ1n) is 6.75. The fourth-order valence-electron chi connectivity index (χ4n) is 2.62. The highest BCUT2D eigenvalue weighted by Crippen LogP contribution is 2.26. The van der Waals surface area contributed by atoms with Gasteiger partial charge in [-0.25, -0.2) is 0 Å². The number of para-hydroxylation sites is 1. The molecule has 0 unspecified atom stereocenters. The molecule has 0 aliphatic carbocycles. The van der Waals surface area contributed by atoms with Gasteiger partial charge >= 0.3 is 0 Å². The molecule has 0 amide bonds. The maximum absolute atomic E-state index is 12.2. The first kappa shape index (κ1) is 12.0. The Morgan fingerprint density at radius 1 is 1.05 bits per heavy atom. The third kappa shape index (κ3) is 2.68. The standard InChI is InChI=1S/C17H17NO/c19-17(14-7-2-1-3-8-14)12-15-11-10-13-6-4-5-9-16(13)18-15/h1-9,15,18H,10-12H2/t15-/m1/s1. The summed E-state index contributed by atoms with van der Waals surface area (Å²) < 4.78 is 0. The van der Waals surface area contributed by atoms with Crippen LogP contribution in [0.5, 0.6) is 0 Å². The van der Waals surface area contributed by atoms with Crippen LogP contribution in [0, 0.1) is 0 Å². The number of Topliss-reactive ketones (excluding diaryl/α,β-unsaturated/α-hetero) is 1. The minimum Gasteiger partial charge on any atom is -0.382 e. The van der Waals surface area contributed by atoms with Crippen molar-refractivity contribution in [2.45, 2.75) is 25.3 Å². The molecule has 96 valence electrons. The second-order valence-electron chi connectivity index (χ2n) is 5.03. The van der Waals surface area contributed by atoms with Crippen molar-refractivity contribution in [2.24, 2.45) is 0 Å². The fraction of sp³-hybridized carbons (Fsp3) is 0.235. The van der Waals surface area contributed by atoms with Crippen molar-refractivity contribution in [3.05, 3.63) is 65.7 Å². The first-order chi connectivity index (χ1) is 9.33. The van der Waals surface area contributed by atoms with Gasteiger partial charge in [0.1, 0.15) is 0 Å². The van der Waals surface area contributed by atoms with E-state index in [9.17, 15) is 4.79 Å². The van der Waals surface area contributed by atoms with Gasteiger partial charge in [0.05, 0.1) is 0 Å². The Bertz CT molecular complexity index is 577. The molecule has 0 bridgehead atoms. The Morgan fingerprint density at radius 2 is 1.79 bits per heavy atom. The highest BCUT2D eigenvalue weighted by molar-refractivity contribution is 5.96. The van der Waals surface area contributed by atoms with Gasteiger partial charge in [-0.15, -0.1) is 0 Å². The average molecular weight is 251 g/mol. The lowest BCUT2D eigenvalue weighted by Gasteiger charge is -2.26. The second kappa shape index (κ2) is 5.27. The Morgan fingerprint density at radius 3 is 2.63 bits per heavy atom. The van der Waals surface area contributed by atoms with Crippen LogP contribution < -0.4 is 5.32 Å². The number of carbonyl (C=O) groups excluding carboxylic acids is 1. The van der Waals surface area contributed by atoms with Crippen molar-refractivity contribution in [3.63, 3.8) is 0 Å². The minimum absolute atomic E-state index is 0.220. The van der Waals surface area contributed by atoms with Crippen LogP contribution in [-0.4, -0.2) is 11.8 Å². The third-order valence-corrected chi connectivity index (χ3v) is 3.67. The van der Waals surface area contributed by atoms with Gasteiger partial charge in [-0.2, -0.15) is 0 Å². The number of benzene rings is 2. The normalized spacial score (nSPS) is 17.4. The van der Waals surface area contributed by atoms with Crippen LogP contribution in [0.15, 0.2) is 54.6 Å². The van der Waals surface area contributed by atoms with E-state index in [1.54, 1.807) is 0 Å². The summed E-state index contributed by atoms with van der Waals surface area (Å²) in [4.78, 5) is 12.2. The molecule has 1 N–H and O–H groups in total. The molecule has 1 aliphatic heterocycles. The predicted molar refractivity (Wildman–Crippen MR) is 77.6 cm³/mol. The molecule has 0 radical (unpaired) electrons. The Labute approximate surface area is 113 Å². The molecule has 0 saturated heterocycles. The van der Waals surface area contributed by atoms with Crippen LogP contribution in [-0.2, 0) is 6.42 Å². The van der Waals surface area contributed by atoms with Crippen LogP contribution in [0.3, 0.4) is 0 Å². The summed E-state index contributed by atoms with van der Waals surface area (Å²) in [5.74, 6) is 0.220. The van der Waals surface area contributed by atoms with E-state index in [0.717, 1.165) is 18.4 Å². The molecule has 2 nitrogen and oxygen atoms in total. The SMILES string of the molecule is O=C(C[C@H]1CCc2ccccc2N1)c1ccccc1. The lowest BCUT2D eigenvalue weighted by atomic mass is 9.93. The van der Waals surface area contributed by atoms with Crippen molar-refractivity contribution in [1.29, 1.82) is 0 Å². The molecule has 2 aromatic rings. The molecule has 0 aromatic heterocycles. The minimum atomic E-state index is 0.220. The smallest absolute Gasteiger partial charge is 0.164 e. The Balaban J connectivity index is 1.68. The summed E-state index contributed by atoms with van der Waals surface area (Å²) in [7, 11) is 0. The van der Waals surface area contributed by atoms with Crippen molar-refractivity contribution in [1.82, 2.24) is 0 Å². The van der Waals surface area contributed by atoms with Crippen LogP contribution in [0.4, 0.5) is 5.69 Å². The number of hydrogen-bond donors (Lipinski definition) is 1. The summed E-state index contributed by atoms with van der Waals surface area (Å²) >= 11 is 0. The van der Waals surface area contributed by atoms with Crippen LogP contribution in [0.25, 0.3) is 0 Å². The topological polar surface area (TPSA) is 29.1 Å². The molecule has 0 saturated carbocycles. The summed E-state index contributed by atoms with van der Waals surface area (Å²) in [6, 6.07) is 18.1. The zero-order chi connectivity index (χ0) is 13.1. The van der Waals surface area contributed by atoms with E-state index in [2.05, 4.69) is 23.5 Å². The van der Waals surface area contributed by atoms with E-state index in [1.807, 2.05) is 36.4 Å². The van der Waals surface area contributed by atoms with Crippen molar-refractivity contribution < 1.29 is 4.79 Å². The predicted octanol–water partition coefficient (Wildman–Crippen LogP) is 3.69. The average Bonchev–Trinajstić information content (AvgIpc) is 2.48. The molecule has 1 heterocycles. The summed E-state index contributed by atoms with van der Waals surface area (Å²) in [6.07, 6.45) is 2.64. The van der Waals surface area contributed by atoms with E-state index in [1.165, 1.54) is 11.3 Å². The van der Waals surface area contributed by atoms with E-state index in [4.69, 9.17) is 0 Å². The quantitative estimate of drug-likeness (QED) is 0.843. The Kier molecular flexibility index (Phi) is 3.32. The van der Waals surface area contributed by atoms with E-state index in [-0.39, 0.29) is 11.8 Å². The molecule has 0 fully saturated rings. The molecule has 1 atom stereocenters. The number of nitrogens with one attached hydrogen (secondary N) is 1. The van der Waals surface area contributed by atoms with Crippen LogP contribution in [0.2, 0.25) is 0 Å². The largest absolute Gasteiger partial charge is 0.382 e. The number of fused-ring (bicyclic) bond motifs is 1. The zero-order valence-electron chi connectivity index (χ0n) is 10.8. The maximum Gasteiger partial charge on any atom is 0.164 e. The fourth-order valence-corrected chi connectivity index (χ4v) is 2.62. The van der Waals surface area contributed by atoms with Gasteiger partial charge in [-0.3, -0.25) is 4.79 Å². The van der Waals surface area contributed by atoms with Gasteiger partial charge in [-0.1, -0.05) is 48.5 Å². The molecule has 19 heavy (non-hydrogen) atoms. The van der Waals surface area contributed by atoms with Gasteiger partial charge in [0.2, 0.25) is 0 Å². The van der Waals surface area contributed by atoms with Crippen molar-refractivity contribution >= 4 is 11.5 Å². The highest BCUT2D eigenvalue weighted by Gasteiger charge is 2.20. The molecular weight excluding hydrogens is 234 g/mol. The Hall–Kier alpha value is -2.09. The number of carbonyl (C=O) groups is 1. The van der Waals surface area contributed by atoms with Gasteiger partial charge in [0.15, 0.2) is 5.78 Å². The van der Waals surface area contributed by atoms with Gasteiger partial charge in [0.25, 0.3) is 0 Å². The van der Waals surface area contributed by atoms with Gasteiger partial charge in [-0.05, 0) is 24.5 Å². The van der Waals surface area contributed by atoms with Crippen molar-refractivity contribution in [3.8, 4) is 0 Å². The second-order valence-corrected chi connectivity index (χ2v) is 5.03. The van der Waals surface area contributed by atoms with Gasteiger partial charge in [0, 0.05) is 23.7 Å². The summed E-state index contributed by atoms with van der Waals surface area (Å²) in [5, 5.41) is 3.48. The van der Waals surface area contributed by atoms with Crippen LogP contribution >= 0.6 is 0 Å². The molecule has 0 spiro atoms. The lowest BCUT2D eigenvalue weighted by molar-refractivity contribution is 0.0975. The molecule has 3 rings (SSSR count). The summed E-state index contributed by atoms with van der Waals surface area (Å²) in [5.41, 5.74) is 3.34. The van der Waals surface area contributed by atoms with E-state index < -0.39 is 0 Å². The van der Waals surface area contributed by atoms with Gasteiger partial charge < -0.3 is 5.32 Å². The number of ketones is 1. The molecule has 1 aliphatic rings. The molecule has 2 heteroatoms. The zero-order valence-corrected chi connectivity index (χ0v) is 10.8. The maximum atomic E-state index is 12.2. The lowest BCUT2D eigenvalue weighted by Crippen LogP contribution is -2.28. The summed E-state index contributed by atoms with van der Waals surface area (Å²) in [6.45, 7) is 0. The number of anilines is 1. The number of hydrogen-bond acceptors (Lipinski definition) is 2. The monoisotopic (exact) mass is 251 g/mol. The number of aryl methyl sites for hydroxylation is 1. The molecule has 2 aromatic carbocycles.